The van der Waals surface area contributed by atoms with Crippen LogP contribution in [0.1, 0.15) is 22.8 Å². The number of anilines is 2. The Morgan fingerprint density at radius 1 is 1.24 bits per heavy atom. The highest BCUT2D eigenvalue weighted by Crippen LogP contribution is 2.39. The molecule has 2 aromatic heterocycles. The van der Waals surface area contributed by atoms with Crippen molar-refractivity contribution in [3.8, 4) is 17.2 Å². The summed E-state index contributed by atoms with van der Waals surface area (Å²) in [6.45, 7) is 2.88. The highest BCUT2D eigenvalue weighted by molar-refractivity contribution is 9.10. The Labute approximate surface area is 197 Å². The Morgan fingerprint density at radius 2 is 2.06 bits per heavy atom. The minimum Gasteiger partial charge on any atom is -0.478 e. The SMILES string of the molecule is CCOC1Nc2cccc(C(=O)O)c2N1Cc1ccc(-n2cc(Br)cc2-c2nnn[nH]2)cc1. The van der Waals surface area contributed by atoms with E-state index in [1.807, 2.05) is 59.0 Å². The van der Waals surface area contributed by atoms with Crippen LogP contribution in [0.5, 0.6) is 0 Å². The van der Waals surface area contributed by atoms with E-state index in [2.05, 4.69) is 41.9 Å². The number of nitrogens with one attached hydrogen (secondary N) is 2. The van der Waals surface area contributed by atoms with Crippen LogP contribution >= 0.6 is 15.9 Å². The van der Waals surface area contributed by atoms with E-state index >= 15 is 0 Å². The van der Waals surface area contributed by atoms with Crippen molar-refractivity contribution in [1.29, 1.82) is 0 Å². The number of H-pyrrole nitrogens is 1. The predicted molar refractivity (Wildman–Crippen MR) is 125 cm³/mol. The van der Waals surface area contributed by atoms with Crippen LogP contribution in [0.2, 0.25) is 0 Å². The monoisotopic (exact) mass is 509 g/mol. The normalized spacial score (nSPS) is 14.8. The van der Waals surface area contributed by atoms with Gasteiger partial charge in [0.2, 0.25) is 6.35 Å². The summed E-state index contributed by atoms with van der Waals surface area (Å²) in [5.74, 6) is -0.413. The average Bonchev–Trinajstić information content (AvgIpc) is 3.54. The lowest BCUT2D eigenvalue weighted by atomic mass is 10.1. The summed E-state index contributed by atoms with van der Waals surface area (Å²) in [6, 6.07) is 15.1. The molecule has 0 saturated carbocycles. The number of carboxylic acids is 1. The number of hydrogen-bond donors (Lipinski definition) is 3. The number of aromatic amines is 1. The van der Waals surface area contributed by atoms with Gasteiger partial charge < -0.3 is 24.6 Å². The first-order chi connectivity index (χ1) is 16.0. The van der Waals surface area contributed by atoms with Crippen LogP contribution < -0.4 is 10.2 Å². The van der Waals surface area contributed by atoms with Crippen LogP contribution in [-0.2, 0) is 11.3 Å². The van der Waals surface area contributed by atoms with Gasteiger partial charge in [0.1, 0.15) is 0 Å². The van der Waals surface area contributed by atoms with Crippen molar-refractivity contribution < 1.29 is 14.6 Å². The second kappa shape index (κ2) is 8.68. The van der Waals surface area contributed by atoms with Gasteiger partial charge in [-0.3, -0.25) is 0 Å². The maximum Gasteiger partial charge on any atom is 0.337 e. The topological polar surface area (TPSA) is 121 Å². The minimum atomic E-state index is -0.973. The number of tetrazole rings is 1. The van der Waals surface area contributed by atoms with Crippen molar-refractivity contribution in [1.82, 2.24) is 25.2 Å². The fourth-order valence-electron chi connectivity index (χ4n) is 3.97. The molecule has 0 spiro atoms. The Bertz CT molecular complexity index is 1290. The first kappa shape index (κ1) is 21.2. The number of halogens is 1. The maximum atomic E-state index is 11.8. The van der Waals surface area contributed by atoms with Gasteiger partial charge in [0.05, 0.1) is 22.6 Å². The zero-order valence-corrected chi connectivity index (χ0v) is 19.2. The molecule has 1 aliphatic heterocycles. The molecular formula is C22H20BrN7O3. The van der Waals surface area contributed by atoms with E-state index in [0.717, 1.165) is 27.1 Å². The number of para-hydroxylation sites is 1. The van der Waals surface area contributed by atoms with Crippen molar-refractivity contribution in [2.24, 2.45) is 0 Å². The van der Waals surface area contributed by atoms with Crippen molar-refractivity contribution >= 4 is 33.3 Å². The molecule has 4 aromatic rings. The smallest absolute Gasteiger partial charge is 0.337 e. The number of ether oxygens (including phenoxy) is 1. The molecular weight excluding hydrogens is 490 g/mol. The molecule has 0 radical (unpaired) electrons. The number of carboxylic acid groups (broad SMARTS) is 1. The summed E-state index contributed by atoms with van der Waals surface area (Å²) >= 11 is 3.51. The Balaban J connectivity index is 1.45. The molecule has 33 heavy (non-hydrogen) atoms. The van der Waals surface area contributed by atoms with E-state index < -0.39 is 12.3 Å². The van der Waals surface area contributed by atoms with E-state index in [1.54, 1.807) is 12.1 Å². The number of aromatic nitrogens is 5. The van der Waals surface area contributed by atoms with Gasteiger partial charge in [-0.15, -0.1) is 5.10 Å². The number of aromatic carboxylic acids is 1. The summed E-state index contributed by atoms with van der Waals surface area (Å²) < 4.78 is 8.73. The summed E-state index contributed by atoms with van der Waals surface area (Å²) in [6.07, 6.45) is 1.49. The standard InChI is InChI=1S/C22H20BrN7O3/c1-2-33-22-24-17-5-3-4-16(21(31)32)19(17)30(22)11-13-6-8-15(9-7-13)29-12-14(23)10-18(29)20-25-27-28-26-20/h3-10,12,22,24H,2,11H2,1H3,(H,31,32)(H,25,26,27,28). The Hall–Kier alpha value is -3.70. The minimum absolute atomic E-state index is 0.237. The molecule has 0 fully saturated rings. The second-order valence-corrected chi connectivity index (χ2v) is 8.33. The van der Waals surface area contributed by atoms with Crippen molar-refractivity contribution in [3.63, 3.8) is 0 Å². The van der Waals surface area contributed by atoms with Crippen LogP contribution in [0.4, 0.5) is 11.4 Å². The zero-order chi connectivity index (χ0) is 22.9. The number of benzene rings is 2. The summed E-state index contributed by atoms with van der Waals surface area (Å²) in [5, 5.41) is 27.1. The third kappa shape index (κ3) is 3.96. The van der Waals surface area contributed by atoms with Gasteiger partial charge in [-0.05, 0) is 69.2 Å². The summed E-state index contributed by atoms with van der Waals surface area (Å²) in [5.41, 5.74) is 4.37. The molecule has 1 aliphatic rings. The summed E-state index contributed by atoms with van der Waals surface area (Å²) in [4.78, 5) is 13.8. The summed E-state index contributed by atoms with van der Waals surface area (Å²) in [7, 11) is 0. The number of rotatable bonds is 7. The van der Waals surface area contributed by atoms with E-state index in [0.29, 0.717) is 24.7 Å². The Morgan fingerprint density at radius 3 is 2.76 bits per heavy atom. The molecule has 0 bridgehead atoms. The molecule has 3 N–H and O–H groups in total. The molecule has 11 heteroatoms. The fraction of sp³-hybridized carbons (Fsp3) is 0.182. The van der Waals surface area contributed by atoms with Gasteiger partial charge in [-0.1, -0.05) is 18.2 Å². The van der Waals surface area contributed by atoms with Gasteiger partial charge in [0.15, 0.2) is 5.82 Å². The lowest BCUT2D eigenvalue weighted by molar-refractivity contribution is 0.0694. The molecule has 0 aliphatic carbocycles. The number of fused-ring (bicyclic) bond motifs is 1. The lowest BCUT2D eigenvalue weighted by Gasteiger charge is -2.27. The van der Waals surface area contributed by atoms with Gasteiger partial charge in [0, 0.05) is 29.5 Å². The van der Waals surface area contributed by atoms with E-state index in [1.165, 1.54) is 0 Å². The quantitative estimate of drug-likeness (QED) is 0.343. The fourth-order valence-corrected chi connectivity index (χ4v) is 4.40. The molecule has 0 amide bonds. The van der Waals surface area contributed by atoms with Crippen LogP contribution in [-0.4, -0.2) is 49.2 Å². The third-order valence-electron chi connectivity index (χ3n) is 5.38. The van der Waals surface area contributed by atoms with Crippen molar-refractivity contribution in [2.45, 2.75) is 19.8 Å². The number of carbonyl (C=O) groups is 1. The van der Waals surface area contributed by atoms with Gasteiger partial charge >= 0.3 is 5.97 Å². The molecule has 0 saturated heterocycles. The first-order valence-corrected chi connectivity index (χ1v) is 11.1. The van der Waals surface area contributed by atoms with Crippen LogP contribution in [0.15, 0.2) is 59.2 Å². The second-order valence-electron chi connectivity index (χ2n) is 7.42. The van der Waals surface area contributed by atoms with Gasteiger partial charge in [0.25, 0.3) is 0 Å². The average molecular weight is 510 g/mol. The molecule has 3 heterocycles. The van der Waals surface area contributed by atoms with E-state index in [9.17, 15) is 9.90 Å². The number of hydrogen-bond acceptors (Lipinski definition) is 7. The molecule has 1 atom stereocenters. The predicted octanol–water partition coefficient (Wildman–Crippen LogP) is 3.87. The molecule has 1 unspecified atom stereocenters. The largest absolute Gasteiger partial charge is 0.478 e. The van der Waals surface area contributed by atoms with Gasteiger partial charge in [-0.25, -0.2) is 9.89 Å². The number of nitrogens with zero attached hydrogens (tertiary/aromatic N) is 5. The van der Waals surface area contributed by atoms with Crippen molar-refractivity contribution in [3.05, 3.63) is 70.3 Å². The zero-order valence-electron chi connectivity index (χ0n) is 17.6. The molecule has 2 aromatic carbocycles. The van der Waals surface area contributed by atoms with Crippen LogP contribution in [0.25, 0.3) is 17.2 Å². The highest BCUT2D eigenvalue weighted by atomic mass is 79.9. The van der Waals surface area contributed by atoms with Crippen LogP contribution in [0.3, 0.4) is 0 Å². The third-order valence-corrected chi connectivity index (χ3v) is 5.82. The molecule has 5 rings (SSSR count). The molecule has 10 nitrogen and oxygen atoms in total. The van der Waals surface area contributed by atoms with E-state index in [4.69, 9.17) is 4.74 Å². The molecule has 168 valence electrons. The van der Waals surface area contributed by atoms with E-state index in [-0.39, 0.29) is 5.56 Å². The highest BCUT2D eigenvalue weighted by Gasteiger charge is 2.33. The van der Waals surface area contributed by atoms with Gasteiger partial charge in [-0.2, -0.15) is 0 Å². The Kier molecular flexibility index (Phi) is 5.56. The maximum absolute atomic E-state index is 11.8. The van der Waals surface area contributed by atoms with Crippen molar-refractivity contribution in [2.75, 3.05) is 16.8 Å². The first-order valence-electron chi connectivity index (χ1n) is 10.3. The lowest BCUT2D eigenvalue weighted by Crippen LogP contribution is -2.38. The van der Waals surface area contributed by atoms with Crippen LogP contribution in [0, 0.1) is 0 Å².